The van der Waals surface area contributed by atoms with E-state index in [1.165, 1.54) is 11.8 Å². The van der Waals surface area contributed by atoms with E-state index in [2.05, 4.69) is 0 Å². The average Bonchev–Trinajstić information content (AvgIpc) is 2.29. The van der Waals surface area contributed by atoms with E-state index in [0.717, 1.165) is 10.6 Å². The number of hydrogen-bond donors (Lipinski definition) is 2. The SMILES string of the molecule is CCOc1ccc(N)c(SCC(C)C(N)=O)c1. The second-order valence-corrected chi connectivity index (χ2v) is 4.81. The number of anilines is 1. The molecule has 0 bridgehead atoms. The molecule has 4 N–H and O–H groups in total. The topological polar surface area (TPSA) is 78.3 Å². The van der Waals surface area contributed by atoms with Crippen LogP contribution in [0.5, 0.6) is 5.75 Å². The highest BCUT2D eigenvalue weighted by molar-refractivity contribution is 7.99. The lowest BCUT2D eigenvalue weighted by Crippen LogP contribution is -2.22. The molecule has 0 saturated heterocycles. The molecule has 4 nitrogen and oxygen atoms in total. The van der Waals surface area contributed by atoms with Gasteiger partial charge in [0.15, 0.2) is 0 Å². The van der Waals surface area contributed by atoms with Crippen LogP contribution in [0.3, 0.4) is 0 Å². The lowest BCUT2D eigenvalue weighted by molar-refractivity contribution is -0.120. The van der Waals surface area contributed by atoms with E-state index in [4.69, 9.17) is 16.2 Å². The van der Waals surface area contributed by atoms with Gasteiger partial charge in [-0.25, -0.2) is 0 Å². The molecule has 1 amide bonds. The van der Waals surface area contributed by atoms with Gasteiger partial charge in [0, 0.05) is 22.3 Å². The molecular weight excluding hydrogens is 236 g/mol. The van der Waals surface area contributed by atoms with Crippen LogP contribution in [0.4, 0.5) is 5.69 Å². The van der Waals surface area contributed by atoms with Gasteiger partial charge in [-0.05, 0) is 25.1 Å². The molecule has 1 rings (SSSR count). The van der Waals surface area contributed by atoms with Gasteiger partial charge in [-0.15, -0.1) is 11.8 Å². The second kappa shape index (κ2) is 6.39. The van der Waals surface area contributed by atoms with Crippen molar-refractivity contribution in [2.45, 2.75) is 18.7 Å². The number of primary amides is 1. The zero-order chi connectivity index (χ0) is 12.8. The largest absolute Gasteiger partial charge is 0.494 e. The van der Waals surface area contributed by atoms with E-state index >= 15 is 0 Å². The number of amides is 1. The monoisotopic (exact) mass is 254 g/mol. The Balaban J connectivity index is 2.69. The minimum Gasteiger partial charge on any atom is -0.494 e. The van der Waals surface area contributed by atoms with Crippen LogP contribution in [0.25, 0.3) is 0 Å². The summed E-state index contributed by atoms with van der Waals surface area (Å²) in [5.74, 6) is 0.942. The molecule has 1 aromatic rings. The molecular formula is C12H18N2O2S. The predicted molar refractivity (Wildman–Crippen MR) is 71.1 cm³/mol. The van der Waals surface area contributed by atoms with Gasteiger partial charge >= 0.3 is 0 Å². The fraction of sp³-hybridized carbons (Fsp3) is 0.417. The zero-order valence-electron chi connectivity index (χ0n) is 10.1. The van der Waals surface area contributed by atoms with Crippen molar-refractivity contribution in [1.82, 2.24) is 0 Å². The molecule has 0 radical (unpaired) electrons. The van der Waals surface area contributed by atoms with Gasteiger partial charge in [0.1, 0.15) is 5.75 Å². The molecule has 0 aromatic heterocycles. The molecule has 0 aliphatic carbocycles. The number of nitrogens with two attached hydrogens (primary N) is 2. The number of carbonyl (C=O) groups excluding carboxylic acids is 1. The van der Waals surface area contributed by atoms with E-state index in [1.54, 1.807) is 6.92 Å². The maximum Gasteiger partial charge on any atom is 0.221 e. The smallest absolute Gasteiger partial charge is 0.221 e. The van der Waals surface area contributed by atoms with Crippen LogP contribution in [-0.2, 0) is 4.79 Å². The van der Waals surface area contributed by atoms with Crippen molar-refractivity contribution in [3.8, 4) is 5.75 Å². The van der Waals surface area contributed by atoms with Crippen LogP contribution in [0.15, 0.2) is 23.1 Å². The third-order valence-electron chi connectivity index (χ3n) is 2.27. The Labute approximate surface area is 106 Å². The van der Waals surface area contributed by atoms with Crippen molar-refractivity contribution in [2.75, 3.05) is 18.1 Å². The van der Waals surface area contributed by atoms with Crippen molar-refractivity contribution < 1.29 is 9.53 Å². The number of carbonyl (C=O) groups is 1. The molecule has 0 heterocycles. The van der Waals surface area contributed by atoms with E-state index in [9.17, 15) is 4.79 Å². The maximum absolute atomic E-state index is 10.9. The molecule has 0 aliphatic heterocycles. The van der Waals surface area contributed by atoms with Gasteiger partial charge in [0.2, 0.25) is 5.91 Å². The highest BCUT2D eigenvalue weighted by Gasteiger charge is 2.10. The summed E-state index contributed by atoms with van der Waals surface area (Å²) >= 11 is 1.52. The number of benzene rings is 1. The van der Waals surface area contributed by atoms with Crippen LogP contribution in [-0.4, -0.2) is 18.3 Å². The van der Waals surface area contributed by atoms with Crippen LogP contribution in [0.1, 0.15) is 13.8 Å². The molecule has 1 aromatic carbocycles. The van der Waals surface area contributed by atoms with Crippen molar-refractivity contribution in [1.29, 1.82) is 0 Å². The van der Waals surface area contributed by atoms with E-state index < -0.39 is 0 Å². The molecule has 5 heteroatoms. The summed E-state index contributed by atoms with van der Waals surface area (Å²) in [7, 11) is 0. The lowest BCUT2D eigenvalue weighted by Gasteiger charge is -2.10. The molecule has 17 heavy (non-hydrogen) atoms. The first kappa shape index (κ1) is 13.7. The number of nitrogen functional groups attached to an aromatic ring is 1. The molecule has 1 atom stereocenters. The van der Waals surface area contributed by atoms with Crippen LogP contribution in [0.2, 0.25) is 0 Å². The van der Waals surface area contributed by atoms with Gasteiger partial charge in [-0.3, -0.25) is 4.79 Å². The summed E-state index contributed by atoms with van der Waals surface area (Å²) < 4.78 is 5.40. The first-order valence-electron chi connectivity index (χ1n) is 5.49. The van der Waals surface area contributed by atoms with Crippen LogP contribution >= 0.6 is 11.8 Å². The highest BCUT2D eigenvalue weighted by Crippen LogP contribution is 2.30. The molecule has 1 unspecified atom stereocenters. The van der Waals surface area contributed by atoms with Crippen molar-refractivity contribution in [3.63, 3.8) is 0 Å². The van der Waals surface area contributed by atoms with Gasteiger partial charge < -0.3 is 16.2 Å². The predicted octanol–water partition coefficient (Wildman–Crippen LogP) is 1.88. The van der Waals surface area contributed by atoms with Crippen LogP contribution in [0, 0.1) is 5.92 Å². The van der Waals surface area contributed by atoms with Gasteiger partial charge in [-0.1, -0.05) is 6.92 Å². The summed E-state index contributed by atoms with van der Waals surface area (Å²) in [6, 6.07) is 5.53. The summed E-state index contributed by atoms with van der Waals surface area (Å²) in [6.45, 7) is 4.35. The number of thioether (sulfide) groups is 1. The quantitative estimate of drug-likeness (QED) is 0.600. The Morgan fingerprint density at radius 2 is 2.24 bits per heavy atom. The van der Waals surface area contributed by atoms with Gasteiger partial charge in [0.25, 0.3) is 0 Å². The zero-order valence-corrected chi connectivity index (χ0v) is 10.9. The fourth-order valence-corrected chi connectivity index (χ4v) is 2.22. The molecule has 0 fully saturated rings. The summed E-state index contributed by atoms with van der Waals surface area (Å²) in [5, 5.41) is 0. The first-order chi connectivity index (χ1) is 8.04. The van der Waals surface area contributed by atoms with Crippen molar-refractivity contribution >= 4 is 23.4 Å². The average molecular weight is 254 g/mol. The van der Waals surface area contributed by atoms with Gasteiger partial charge in [-0.2, -0.15) is 0 Å². The third kappa shape index (κ3) is 4.19. The molecule has 0 saturated carbocycles. The number of rotatable bonds is 6. The third-order valence-corrected chi connectivity index (χ3v) is 3.60. The Kier molecular flexibility index (Phi) is 5.15. The Morgan fingerprint density at radius 1 is 1.53 bits per heavy atom. The Hall–Kier alpha value is -1.36. The lowest BCUT2D eigenvalue weighted by atomic mass is 10.2. The minimum atomic E-state index is -0.294. The molecule has 0 spiro atoms. The highest BCUT2D eigenvalue weighted by atomic mass is 32.2. The normalized spacial score (nSPS) is 12.1. The molecule has 94 valence electrons. The Morgan fingerprint density at radius 3 is 2.82 bits per heavy atom. The first-order valence-corrected chi connectivity index (χ1v) is 6.47. The fourth-order valence-electron chi connectivity index (χ4n) is 1.19. The summed E-state index contributed by atoms with van der Waals surface area (Å²) in [5.41, 5.74) is 11.8. The minimum absolute atomic E-state index is 0.171. The van der Waals surface area contributed by atoms with E-state index in [1.807, 2.05) is 25.1 Å². The standard InChI is InChI=1S/C12H18N2O2S/c1-3-16-9-4-5-10(13)11(6-9)17-7-8(2)12(14)15/h4-6,8H,3,7,13H2,1-2H3,(H2,14,15). The van der Waals surface area contributed by atoms with Crippen LogP contribution < -0.4 is 16.2 Å². The summed E-state index contributed by atoms with van der Waals surface area (Å²) in [6.07, 6.45) is 0. The molecule has 0 aliphatic rings. The Bertz CT molecular complexity index is 396. The number of ether oxygens (including phenoxy) is 1. The van der Waals surface area contributed by atoms with Gasteiger partial charge in [0.05, 0.1) is 6.61 Å². The second-order valence-electron chi connectivity index (χ2n) is 3.75. The maximum atomic E-state index is 10.9. The summed E-state index contributed by atoms with van der Waals surface area (Å²) in [4.78, 5) is 11.8. The van der Waals surface area contributed by atoms with E-state index in [-0.39, 0.29) is 11.8 Å². The van der Waals surface area contributed by atoms with Crippen molar-refractivity contribution in [2.24, 2.45) is 11.7 Å². The van der Waals surface area contributed by atoms with E-state index in [0.29, 0.717) is 18.0 Å². The number of hydrogen-bond acceptors (Lipinski definition) is 4. The van der Waals surface area contributed by atoms with Crippen molar-refractivity contribution in [3.05, 3.63) is 18.2 Å².